The molecule has 4 rings (SSSR count). The van der Waals surface area contributed by atoms with Crippen LogP contribution in [0, 0.1) is 5.82 Å². The van der Waals surface area contributed by atoms with Crippen molar-refractivity contribution in [2.75, 3.05) is 0 Å². The molecule has 0 saturated heterocycles. The first-order valence-electron chi connectivity index (χ1n) is 7.42. The van der Waals surface area contributed by atoms with Gasteiger partial charge in [0.15, 0.2) is 0 Å². The zero-order chi connectivity index (χ0) is 15.6. The predicted molar refractivity (Wildman–Crippen MR) is 91.0 cm³/mol. The SMILES string of the molecule is Fc1ccc(C2=Nc3ccccc3SC(c3ccco3)C2)cc1. The van der Waals surface area contributed by atoms with Crippen LogP contribution >= 0.6 is 11.8 Å². The number of thioether (sulfide) groups is 1. The summed E-state index contributed by atoms with van der Waals surface area (Å²) in [5.74, 6) is 0.696. The van der Waals surface area contributed by atoms with Crippen molar-refractivity contribution in [2.45, 2.75) is 16.6 Å². The molecular formula is C19H14FNOS. The minimum atomic E-state index is -0.236. The van der Waals surface area contributed by atoms with Gasteiger partial charge >= 0.3 is 0 Å². The summed E-state index contributed by atoms with van der Waals surface area (Å²) in [7, 11) is 0. The third-order valence-electron chi connectivity index (χ3n) is 3.81. The number of rotatable bonds is 2. The van der Waals surface area contributed by atoms with Gasteiger partial charge in [0, 0.05) is 17.0 Å². The minimum Gasteiger partial charge on any atom is -0.468 e. The van der Waals surface area contributed by atoms with Crippen LogP contribution < -0.4 is 0 Å². The topological polar surface area (TPSA) is 25.5 Å². The Bertz CT molecular complexity index is 840. The first kappa shape index (κ1) is 14.3. The Labute approximate surface area is 138 Å². The van der Waals surface area contributed by atoms with Gasteiger partial charge in [-0.2, -0.15) is 0 Å². The molecule has 0 bridgehead atoms. The summed E-state index contributed by atoms with van der Waals surface area (Å²) in [5, 5.41) is 0.150. The molecule has 4 heteroatoms. The molecule has 3 aromatic rings. The molecule has 0 spiro atoms. The third kappa shape index (κ3) is 2.94. The third-order valence-corrected chi connectivity index (χ3v) is 5.09. The van der Waals surface area contributed by atoms with E-state index in [0.29, 0.717) is 0 Å². The molecule has 23 heavy (non-hydrogen) atoms. The normalized spacial score (nSPS) is 17.3. The van der Waals surface area contributed by atoms with Crippen LogP contribution in [-0.4, -0.2) is 5.71 Å². The van der Waals surface area contributed by atoms with Crippen LogP contribution in [0.25, 0.3) is 0 Å². The highest BCUT2D eigenvalue weighted by Gasteiger charge is 2.24. The number of hydrogen-bond acceptors (Lipinski definition) is 3. The fraction of sp³-hybridized carbons (Fsp3) is 0.105. The Morgan fingerprint density at radius 2 is 1.83 bits per heavy atom. The second-order valence-electron chi connectivity index (χ2n) is 5.36. The zero-order valence-electron chi connectivity index (χ0n) is 12.3. The van der Waals surface area contributed by atoms with Crippen molar-refractivity contribution < 1.29 is 8.81 Å². The van der Waals surface area contributed by atoms with Crippen LogP contribution in [0.1, 0.15) is 23.0 Å². The second-order valence-corrected chi connectivity index (χ2v) is 6.60. The highest BCUT2D eigenvalue weighted by molar-refractivity contribution is 7.99. The maximum Gasteiger partial charge on any atom is 0.123 e. The Kier molecular flexibility index (Phi) is 3.75. The fourth-order valence-electron chi connectivity index (χ4n) is 2.67. The number of nitrogens with zero attached hydrogens (tertiary/aromatic N) is 1. The van der Waals surface area contributed by atoms with Crippen LogP contribution in [0.3, 0.4) is 0 Å². The fourth-order valence-corrected chi connectivity index (χ4v) is 3.86. The number of hydrogen-bond donors (Lipinski definition) is 0. The van der Waals surface area contributed by atoms with E-state index in [1.54, 1.807) is 30.2 Å². The summed E-state index contributed by atoms with van der Waals surface area (Å²) >= 11 is 1.75. The first-order valence-corrected chi connectivity index (χ1v) is 8.30. The lowest BCUT2D eigenvalue weighted by molar-refractivity contribution is 0.508. The van der Waals surface area contributed by atoms with Crippen LogP contribution in [0.4, 0.5) is 10.1 Å². The molecule has 1 aliphatic heterocycles. The van der Waals surface area contributed by atoms with E-state index in [2.05, 4.69) is 6.07 Å². The highest BCUT2D eigenvalue weighted by atomic mass is 32.2. The van der Waals surface area contributed by atoms with E-state index in [4.69, 9.17) is 9.41 Å². The number of furan rings is 1. The van der Waals surface area contributed by atoms with Crippen molar-refractivity contribution in [3.05, 3.63) is 84.1 Å². The van der Waals surface area contributed by atoms with Gasteiger partial charge in [-0.1, -0.05) is 24.3 Å². The maximum atomic E-state index is 13.2. The van der Waals surface area contributed by atoms with Gasteiger partial charge in [0.2, 0.25) is 0 Å². The summed E-state index contributed by atoms with van der Waals surface area (Å²) in [6.07, 6.45) is 2.43. The van der Waals surface area contributed by atoms with E-state index >= 15 is 0 Å². The van der Waals surface area contributed by atoms with Crippen molar-refractivity contribution in [2.24, 2.45) is 4.99 Å². The Morgan fingerprint density at radius 1 is 1.00 bits per heavy atom. The van der Waals surface area contributed by atoms with Crippen LogP contribution in [0.5, 0.6) is 0 Å². The molecular weight excluding hydrogens is 309 g/mol. The smallest absolute Gasteiger partial charge is 0.123 e. The van der Waals surface area contributed by atoms with Gasteiger partial charge < -0.3 is 4.42 Å². The summed E-state index contributed by atoms with van der Waals surface area (Å²) in [5.41, 5.74) is 2.84. The van der Waals surface area contributed by atoms with Crippen LogP contribution in [0.15, 0.2) is 81.2 Å². The predicted octanol–water partition coefficient (Wildman–Crippen LogP) is 5.78. The quantitative estimate of drug-likeness (QED) is 0.597. The largest absolute Gasteiger partial charge is 0.468 e. The summed E-state index contributed by atoms with van der Waals surface area (Å²) < 4.78 is 18.8. The molecule has 114 valence electrons. The zero-order valence-corrected chi connectivity index (χ0v) is 13.1. The van der Waals surface area contributed by atoms with Gasteiger partial charge in [0.25, 0.3) is 0 Å². The Balaban J connectivity index is 1.80. The molecule has 0 saturated carbocycles. The number of aliphatic imine (C=N–C) groups is 1. The molecule has 0 amide bonds. The lowest BCUT2D eigenvalue weighted by Crippen LogP contribution is -2.05. The van der Waals surface area contributed by atoms with Gasteiger partial charge in [-0.25, -0.2) is 4.39 Å². The van der Waals surface area contributed by atoms with E-state index < -0.39 is 0 Å². The number of para-hydroxylation sites is 1. The molecule has 0 aliphatic carbocycles. The van der Waals surface area contributed by atoms with Gasteiger partial charge in [-0.05, 0) is 42.0 Å². The first-order chi connectivity index (χ1) is 11.3. The lowest BCUT2D eigenvalue weighted by atomic mass is 10.0. The van der Waals surface area contributed by atoms with E-state index in [-0.39, 0.29) is 11.1 Å². The summed E-state index contributed by atoms with van der Waals surface area (Å²) in [6, 6.07) is 18.5. The highest BCUT2D eigenvalue weighted by Crippen LogP contribution is 2.45. The summed E-state index contributed by atoms with van der Waals surface area (Å²) in [4.78, 5) is 5.96. The van der Waals surface area contributed by atoms with E-state index in [1.165, 1.54) is 12.1 Å². The lowest BCUT2D eigenvalue weighted by Gasteiger charge is -2.13. The molecule has 1 aliphatic rings. The molecule has 1 unspecified atom stereocenters. The van der Waals surface area contributed by atoms with Crippen molar-refractivity contribution in [3.8, 4) is 0 Å². The van der Waals surface area contributed by atoms with Crippen molar-refractivity contribution in [1.82, 2.24) is 0 Å². The van der Waals surface area contributed by atoms with Gasteiger partial charge in [-0.3, -0.25) is 4.99 Å². The van der Waals surface area contributed by atoms with E-state index in [9.17, 15) is 4.39 Å². The molecule has 2 nitrogen and oxygen atoms in total. The molecule has 0 N–H and O–H groups in total. The molecule has 1 aromatic heterocycles. The standard InChI is InChI=1S/C19H14FNOS/c20-14-9-7-13(8-10-14)16-12-19(17-5-3-11-22-17)23-18-6-2-1-4-15(18)21-16/h1-11,19H,12H2. The van der Waals surface area contributed by atoms with Crippen LogP contribution in [-0.2, 0) is 0 Å². The maximum absolute atomic E-state index is 13.2. The average molecular weight is 323 g/mol. The van der Waals surface area contributed by atoms with E-state index in [1.807, 2.05) is 30.3 Å². The second kappa shape index (κ2) is 6.05. The summed E-state index contributed by atoms with van der Waals surface area (Å²) in [6.45, 7) is 0. The monoisotopic (exact) mass is 323 g/mol. The Morgan fingerprint density at radius 3 is 2.61 bits per heavy atom. The molecule has 2 aromatic carbocycles. The van der Waals surface area contributed by atoms with Crippen molar-refractivity contribution in [1.29, 1.82) is 0 Å². The van der Waals surface area contributed by atoms with Gasteiger partial charge in [-0.15, -0.1) is 11.8 Å². The molecule has 1 atom stereocenters. The van der Waals surface area contributed by atoms with Gasteiger partial charge in [0.05, 0.1) is 17.2 Å². The average Bonchev–Trinajstić information content (AvgIpc) is 3.03. The number of halogens is 1. The minimum absolute atomic E-state index is 0.150. The Hall–Kier alpha value is -2.33. The van der Waals surface area contributed by atoms with Crippen molar-refractivity contribution in [3.63, 3.8) is 0 Å². The van der Waals surface area contributed by atoms with Crippen molar-refractivity contribution >= 4 is 23.2 Å². The molecule has 0 fully saturated rings. The van der Waals surface area contributed by atoms with Gasteiger partial charge in [0.1, 0.15) is 11.6 Å². The number of benzene rings is 2. The molecule has 0 radical (unpaired) electrons. The van der Waals surface area contributed by atoms with Crippen LogP contribution in [0.2, 0.25) is 0 Å². The molecule has 2 heterocycles. The van der Waals surface area contributed by atoms with E-state index in [0.717, 1.165) is 34.0 Å². The number of fused-ring (bicyclic) bond motifs is 1.